The number of hydrogen-bond donors (Lipinski definition) is 0. The second-order valence-corrected chi connectivity index (χ2v) is 5.45. The second-order valence-electron chi connectivity index (χ2n) is 4.97. The number of carbonyl (C=O) groups is 1. The summed E-state index contributed by atoms with van der Waals surface area (Å²) in [5.74, 6) is 1.56. The van der Waals surface area contributed by atoms with Gasteiger partial charge in [0.15, 0.2) is 0 Å². The highest BCUT2D eigenvalue weighted by Crippen LogP contribution is 2.59. The fourth-order valence-corrected chi connectivity index (χ4v) is 4.30. The Labute approximate surface area is 87.3 Å². The van der Waals surface area contributed by atoms with Crippen molar-refractivity contribution in [2.45, 2.75) is 25.0 Å². The van der Waals surface area contributed by atoms with Crippen molar-refractivity contribution in [2.24, 2.45) is 23.7 Å². The average Bonchev–Trinajstić information content (AvgIpc) is 2.59. The first kappa shape index (κ1) is 7.89. The summed E-state index contributed by atoms with van der Waals surface area (Å²) in [6, 6.07) is 0. The molecule has 2 nitrogen and oxygen atoms in total. The average molecular weight is 211 g/mol. The lowest BCUT2D eigenvalue weighted by atomic mass is 9.67. The van der Waals surface area contributed by atoms with Crippen molar-refractivity contribution in [3.8, 4) is 0 Å². The van der Waals surface area contributed by atoms with Gasteiger partial charge in [-0.2, -0.15) is 0 Å². The highest BCUT2D eigenvalue weighted by Gasteiger charge is 2.65. The molecule has 2 saturated heterocycles. The molecule has 0 aromatic carbocycles. The van der Waals surface area contributed by atoms with Crippen molar-refractivity contribution in [2.75, 3.05) is 0 Å². The fraction of sp³-hybridized carbons (Fsp3) is 0.727. The third kappa shape index (κ3) is 0.695. The molecule has 2 saturated carbocycles. The van der Waals surface area contributed by atoms with E-state index in [-0.39, 0.29) is 17.9 Å². The van der Waals surface area contributed by atoms with Crippen molar-refractivity contribution in [1.82, 2.24) is 0 Å². The zero-order valence-corrected chi connectivity index (χ0v) is 8.41. The maximum atomic E-state index is 12.0. The summed E-state index contributed by atoms with van der Waals surface area (Å²) in [4.78, 5) is 12.0. The molecule has 6 bridgehead atoms. The molecule has 0 spiro atoms. The lowest BCUT2D eigenvalue weighted by Gasteiger charge is -2.40. The Morgan fingerprint density at radius 3 is 3.21 bits per heavy atom. The van der Waals surface area contributed by atoms with Crippen LogP contribution in [0.25, 0.3) is 0 Å². The third-order valence-electron chi connectivity index (χ3n) is 4.45. The highest BCUT2D eigenvalue weighted by molar-refractivity contribution is 6.29. The standard InChI is InChI=1S/C11H11ClO2/c12-4-1-6-5-3-8-9(10(5)13)7(2-4)11(6)14-8/h2,5-9,11H,1,3H2. The quantitative estimate of drug-likeness (QED) is 0.609. The van der Waals surface area contributed by atoms with Crippen LogP contribution in [0.3, 0.4) is 0 Å². The molecular formula is C11H11ClO2. The predicted octanol–water partition coefficient (Wildman–Crippen LogP) is 1.73. The molecule has 3 aliphatic carbocycles. The minimum absolute atomic E-state index is 0.148. The van der Waals surface area contributed by atoms with Gasteiger partial charge in [-0.15, -0.1) is 0 Å². The molecule has 0 radical (unpaired) electrons. The maximum Gasteiger partial charge on any atom is 0.142 e. The molecule has 5 rings (SSSR count). The summed E-state index contributed by atoms with van der Waals surface area (Å²) in [5, 5.41) is 0.949. The van der Waals surface area contributed by atoms with Gasteiger partial charge in [0.2, 0.25) is 0 Å². The maximum absolute atomic E-state index is 12.0. The minimum Gasteiger partial charge on any atom is -0.373 e. The van der Waals surface area contributed by atoms with Gasteiger partial charge < -0.3 is 4.74 Å². The number of rotatable bonds is 0. The fourth-order valence-electron chi connectivity index (χ4n) is 3.98. The predicted molar refractivity (Wildman–Crippen MR) is 50.8 cm³/mol. The Morgan fingerprint density at radius 2 is 2.36 bits per heavy atom. The van der Waals surface area contributed by atoms with Gasteiger partial charge in [-0.25, -0.2) is 0 Å². The van der Waals surface area contributed by atoms with Gasteiger partial charge >= 0.3 is 0 Å². The summed E-state index contributed by atoms with van der Waals surface area (Å²) in [7, 11) is 0. The van der Waals surface area contributed by atoms with Crippen molar-refractivity contribution in [3.05, 3.63) is 11.1 Å². The number of allylic oxidation sites excluding steroid dienone is 1. The lowest BCUT2D eigenvalue weighted by molar-refractivity contribution is -0.132. The van der Waals surface area contributed by atoms with Crippen LogP contribution in [-0.4, -0.2) is 18.0 Å². The van der Waals surface area contributed by atoms with E-state index in [1.807, 2.05) is 0 Å². The van der Waals surface area contributed by atoms with Crippen LogP contribution in [0.1, 0.15) is 12.8 Å². The summed E-state index contributed by atoms with van der Waals surface area (Å²) < 4.78 is 5.91. The number of hydrogen-bond acceptors (Lipinski definition) is 2. The number of halogens is 1. The normalized spacial score (nSPS) is 58.1. The Morgan fingerprint density at radius 1 is 1.50 bits per heavy atom. The topological polar surface area (TPSA) is 26.3 Å². The molecule has 6 atom stereocenters. The summed E-state index contributed by atoms with van der Waals surface area (Å²) in [5.41, 5.74) is 0. The molecule has 5 aliphatic rings. The largest absolute Gasteiger partial charge is 0.373 e. The molecule has 0 N–H and O–H groups in total. The SMILES string of the molecule is O=C1C2CC3OC4C(C=C(Cl)CC24)C13. The van der Waals surface area contributed by atoms with E-state index >= 15 is 0 Å². The zero-order valence-electron chi connectivity index (χ0n) is 7.65. The van der Waals surface area contributed by atoms with Gasteiger partial charge in [0.25, 0.3) is 0 Å². The van der Waals surface area contributed by atoms with Gasteiger partial charge in [-0.1, -0.05) is 17.7 Å². The number of Topliss-reactive ketones (excluding diaryl/α,β-unsaturated/α-hetero) is 1. The van der Waals surface area contributed by atoms with Crippen molar-refractivity contribution in [1.29, 1.82) is 0 Å². The van der Waals surface area contributed by atoms with Crippen LogP contribution in [0.5, 0.6) is 0 Å². The first-order valence-electron chi connectivity index (χ1n) is 5.31. The van der Waals surface area contributed by atoms with E-state index in [0.717, 1.165) is 17.9 Å². The molecule has 14 heavy (non-hydrogen) atoms. The summed E-state index contributed by atoms with van der Waals surface area (Å²) in [6.45, 7) is 0. The lowest BCUT2D eigenvalue weighted by Crippen LogP contribution is -2.45. The smallest absolute Gasteiger partial charge is 0.142 e. The van der Waals surface area contributed by atoms with Crippen LogP contribution >= 0.6 is 11.6 Å². The molecule has 0 aromatic rings. The van der Waals surface area contributed by atoms with E-state index < -0.39 is 0 Å². The van der Waals surface area contributed by atoms with Gasteiger partial charge in [0.05, 0.1) is 18.1 Å². The van der Waals surface area contributed by atoms with Crippen LogP contribution < -0.4 is 0 Å². The number of carbonyl (C=O) groups excluding carboxylic acids is 1. The Balaban J connectivity index is 1.91. The molecule has 74 valence electrons. The van der Waals surface area contributed by atoms with Crippen LogP contribution in [-0.2, 0) is 9.53 Å². The molecular weight excluding hydrogens is 200 g/mol. The Kier molecular flexibility index (Phi) is 1.27. The van der Waals surface area contributed by atoms with Crippen LogP contribution in [0, 0.1) is 23.7 Å². The van der Waals surface area contributed by atoms with Crippen molar-refractivity contribution < 1.29 is 9.53 Å². The zero-order chi connectivity index (χ0) is 9.45. The Hall–Kier alpha value is -0.340. The molecule has 3 heteroatoms. The molecule has 4 fully saturated rings. The second kappa shape index (κ2) is 2.25. The van der Waals surface area contributed by atoms with E-state index in [1.165, 1.54) is 0 Å². The molecule has 0 amide bonds. The monoisotopic (exact) mass is 210 g/mol. The number of ether oxygens (including phenoxy) is 1. The minimum atomic E-state index is 0.148. The van der Waals surface area contributed by atoms with Gasteiger partial charge in [-0.05, 0) is 12.8 Å². The van der Waals surface area contributed by atoms with E-state index in [9.17, 15) is 4.79 Å². The first-order chi connectivity index (χ1) is 6.75. The molecule has 2 heterocycles. The summed E-state index contributed by atoms with van der Waals surface area (Å²) >= 11 is 6.10. The van der Waals surface area contributed by atoms with Gasteiger partial charge in [-0.3, -0.25) is 4.79 Å². The molecule has 6 unspecified atom stereocenters. The van der Waals surface area contributed by atoms with Crippen LogP contribution in [0.2, 0.25) is 0 Å². The Bertz CT molecular complexity index is 362. The highest BCUT2D eigenvalue weighted by atomic mass is 35.5. The van der Waals surface area contributed by atoms with Crippen LogP contribution in [0.15, 0.2) is 11.1 Å². The van der Waals surface area contributed by atoms with Crippen molar-refractivity contribution in [3.63, 3.8) is 0 Å². The summed E-state index contributed by atoms with van der Waals surface area (Å²) in [6.07, 6.45) is 4.42. The van der Waals surface area contributed by atoms with Crippen LogP contribution in [0.4, 0.5) is 0 Å². The number of ketones is 1. The van der Waals surface area contributed by atoms with E-state index in [2.05, 4.69) is 6.08 Å². The first-order valence-corrected chi connectivity index (χ1v) is 5.69. The molecule has 0 aromatic heterocycles. The van der Waals surface area contributed by atoms with Crippen molar-refractivity contribution >= 4 is 17.4 Å². The third-order valence-corrected chi connectivity index (χ3v) is 4.73. The van der Waals surface area contributed by atoms with Gasteiger partial charge in [0.1, 0.15) is 5.78 Å². The van der Waals surface area contributed by atoms with E-state index in [0.29, 0.717) is 23.7 Å². The van der Waals surface area contributed by atoms with Gasteiger partial charge in [0, 0.05) is 22.8 Å². The molecule has 2 aliphatic heterocycles. The van der Waals surface area contributed by atoms with E-state index in [4.69, 9.17) is 16.3 Å². The van der Waals surface area contributed by atoms with E-state index in [1.54, 1.807) is 0 Å².